The normalized spacial score (nSPS) is 11.2. The third kappa shape index (κ3) is 4.42. The number of nitrogens with two attached hydrogens (primary N) is 1. The molecule has 8 heteroatoms. The maximum absolute atomic E-state index is 12.1. The van der Waals surface area contributed by atoms with Crippen molar-refractivity contribution in [3.63, 3.8) is 0 Å². The van der Waals surface area contributed by atoms with Crippen molar-refractivity contribution in [1.82, 2.24) is 10.1 Å². The van der Waals surface area contributed by atoms with Gasteiger partial charge in [-0.15, -0.1) is 0 Å². The standard InChI is InChI=1S/C19H21N5O3/c1-19(2,11-25)15-9-17(27-24-15)23-18(26)22-14-6-3-12(4-7-14)13-5-8-16(20)21-10-13/h3-10,25H,11H2,1-2H3,(H2,20,21)(H2,22,23,26). The Labute approximate surface area is 156 Å². The number of anilines is 3. The van der Waals surface area contributed by atoms with Crippen LogP contribution in [0, 0.1) is 0 Å². The van der Waals surface area contributed by atoms with Crippen LogP contribution in [-0.4, -0.2) is 27.9 Å². The quantitative estimate of drug-likeness (QED) is 0.548. The molecule has 5 N–H and O–H groups in total. The van der Waals surface area contributed by atoms with Crippen molar-refractivity contribution >= 4 is 23.4 Å². The Kier molecular flexibility index (Phi) is 5.09. The fraction of sp³-hybridized carbons (Fsp3) is 0.211. The van der Waals surface area contributed by atoms with Gasteiger partial charge >= 0.3 is 6.03 Å². The van der Waals surface area contributed by atoms with E-state index in [4.69, 9.17) is 10.3 Å². The Balaban J connectivity index is 1.62. The molecule has 2 heterocycles. The van der Waals surface area contributed by atoms with Crippen molar-refractivity contribution < 1.29 is 14.4 Å². The van der Waals surface area contributed by atoms with E-state index in [0.717, 1.165) is 11.1 Å². The number of carbonyl (C=O) groups is 1. The average molecular weight is 367 g/mol. The molecule has 1 aromatic carbocycles. The number of hydrogen-bond acceptors (Lipinski definition) is 6. The third-order valence-electron chi connectivity index (χ3n) is 4.10. The molecule has 0 aliphatic carbocycles. The number of nitrogen functional groups attached to an aromatic ring is 1. The number of carbonyl (C=O) groups excluding carboxylic acids is 1. The summed E-state index contributed by atoms with van der Waals surface area (Å²) in [6, 6.07) is 12.1. The van der Waals surface area contributed by atoms with E-state index in [2.05, 4.69) is 20.8 Å². The van der Waals surface area contributed by atoms with Crippen molar-refractivity contribution in [1.29, 1.82) is 0 Å². The third-order valence-corrected chi connectivity index (χ3v) is 4.10. The van der Waals surface area contributed by atoms with Crippen LogP contribution in [0.1, 0.15) is 19.5 Å². The molecule has 140 valence electrons. The number of aliphatic hydroxyl groups is 1. The smallest absolute Gasteiger partial charge is 0.326 e. The number of amides is 2. The summed E-state index contributed by atoms with van der Waals surface area (Å²) in [6.07, 6.45) is 1.69. The van der Waals surface area contributed by atoms with Crippen molar-refractivity contribution in [2.45, 2.75) is 19.3 Å². The molecule has 0 radical (unpaired) electrons. The zero-order valence-electron chi connectivity index (χ0n) is 15.1. The number of nitrogens with zero attached hydrogens (tertiary/aromatic N) is 2. The molecule has 8 nitrogen and oxygen atoms in total. The van der Waals surface area contributed by atoms with Gasteiger partial charge in [-0.2, -0.15) is 0 Å². The van der Waals surface area contributed by atoms with Crippen LogP contribution in [0.2, 0.25) is 0 Å². The van der Waals surface area contributed by atoms with E-state index in [-0.39, 0.29) is 12.5 Å². The minimum atomic E-state index is -0.549. The number of aromatic nitrogens is 2. The van der Waals surface area contributed by atoms with Gasteiger partial charge in [0.2, 0.25) is 5.88 Å². The predicted molar refractivity (Wildman–Crippen MR) is 103 cm³/mol. The molecule has 0 unspecified atom stereocenters. The fourth-order valence-electron chi connectivity index (χ4n) is 2.33. The minimum absolute atomic E-state index is 0.0823. The molecular formula is C19H21N5O3. The van der Waals surface area contributed by atoms with Gasteiger partial charge in [-0.3, -0.25) is 5.32 Å². The molecular weight excluding hydrogens is 346 g/mol. The molecule has 0 aliphatic rings. The van der Waals surface area contributed by atoms with E-state index < -0.39 is 11.4 Å². The fourth-order valence-corrected chi connectivity index (χ4v) is 2.33. The Morgan fingerprint density at radius 2 is 1.85 bits per heavy atom. The molecule has 3 aromatic rings. The van der Waals surface area contributed by atoms with Gasteiger partial charge in [0.05, 0.1) is 12.3 Å². The van der Waals surface area contributed by atoms with Crippen molar-refractivity contribution in [3.05, 3.63) is 54.4 Å². The van der Waals surface area contributed by atoms with Crippen LogP contribution in [-0.2, 0) is 5.41 Å². The van der Waals surface area contributed by atoms with Crippen molar-refractivity contribution in [2.75, 3.05) is 23.0 Å². The second-order valence-corrected chi connectivity index (χ2v) is 6.75. The van der Waals surface area contributed by atoms with Crippen LogP contribution in [0.5, 0.6) is 0 Å². The number of nitrogens with one attached hydrogen (secondary N) is 2. The first-order valence-electron chi connectivity index (χ1n) is 8.35. The number of urea groups is 1. The number of pyridine rings is 1. The van der Waals surface area contributed by atoms with E-state index in [1.54, 1.807) is 30.5 Å². The van der Waals surface area contributed by atoms with Gasteiger partial charge in [0.15, 0.2) is 0 Å². The Morgan fingerprint density at radius 1 is 1.15 bits per heavy atom. The van der Waals surface area contributed by atoms with Gasteiger partial charge in [-0.1, -0.05) is 31.1 Å². The molecule has 2 amide bonds. The Morgan fingerprint density at radius 3 is 2.48 bits per heavy atom. The summed E-state index contributed by atoms with van der Waals surface area (Å²) in [7, 11) is 0. The van der Waals surface area contributed by atoms with E-state index in [1.165, 1.54) is 0 Å². The molecule has 0 saturated heterocycles. The van der Waals surface area contributed by atoms with Gasteiger partial charge < -0.3 is 20.7 Å². The first-order chi connectivity index (χ1) is 12.9. The maximum Gasteiger partial charge on any atom is 0.326 e. The van der Waals surface area contributed by atoms with E-state index in [1.807, 2.05) is 32.0 Å². The average Bonchev–Trinajstić information content (AvgIpc) is 3.12. The van der Waals surface area contributed by atoms with Crippen LogP contribution in [0.3, 0.4) is 0 Å². The van der Waals surface area contributed by atoms with Gasteiger partial charge in [-0.05, 0) is 29.8 Å². The molecule has 2 aromatic heterocycles. The zero-order chi connectivity index (χ0) is 19.4. The SMILES string of the molecule is CC(C)(CO)c1cc(NC(=O)Nc2ccc(-c3ccc(N)nc3)cc2)on1. The zero-order valence-corrected chi connectivity index (χ0v) is 15.1. The summed E-state index contributed by atoms with van der Waals surface area (Å²) in [6.45, 7) is 3.57. The summed E-state index contributed by atoms with van der Waals surface area (Å²) in [4.78, 5) is 16.2. The molecule has 3 rings (SSSR count). The summed E-state index contributed by atoms with van der Waals surface area (Å²) >= 11 is 0. The lowest BCUT2D eigenvalue weighted by Crippen LogP contribution is -2.22. The molecule has 0 aliphatic heterocycles. The first-order valence-corrected chi connectivity index (χ1v) is 8.35. The Hall–Kier alpha value is -3.39. The highest BCUT2D eigenvalue weighted by Crippen LogP contribution is 2.24. The summed E-state index contributed by atoms with van der Waals surface area (Å²) < 4.78 is 5.10. The van der Waals surface area contributed by atoms with Crippen LogP contribution >= 0.6 is 0 Å². The van der Waals surface area contributed by atoms with Gasteiger partial charge in [-0.25, -0.2) is 9.78 Å². The van der Waals surface area contributed by atoms with E-state index >= 15 is 0 Å². The minimum Gasteiger partial charge on any atom is -0.395 e. The Bertz CT molecular complexity index is 917. The largest absolute Gasteiger partial charge is 0.395 e. The lowest BCUT2D eigenvalue weighted by molar-refractivity contribution is 0.210. The molecule has 0 bridgehead atoms. The van der Waals surface area contributed by atoms with Gasteiger partial charge in [0.25, 0.3) is 0 Å². The van der Waals surface area contributed by atoms with Crippen LogP contribution in [0.15, 0.2) is 53.2 Å². The lowest BCUT2D eigenvalue weighted by atomic mass is 9.91. The monoisotopic (exact) mass is 367 g/mol. The second-order valence-electron chi connectivity index (χ2n) is 6.75. The van der Waals surface area contributed by atoms with Crippen LogP contribution in [0.25, 0.3) is 11.1 Å². The molecule has 0 saturated carbocycles. The number of benzene rings is 1. The second kappa shape index (κ2) is 7.46. The van der Waals surface area contributed by atoms with E-state index in [9.17, 15) is 9.90 Å². The highest BCUT2D eigenvalue weighted by atomic mass is 16.5. The van der Waals surface area contributed by atoms with Crippen molar-refractivity contribution in [2.24, 2.45) is 0 Å². The van der Waals surface area contributed by atoms with Crippen molar-refractivity contribution in [3.8, 4) is 11.1 Å². The predicted octanol–water partition coefficient (Wildman–Crippen LogP) is 3.23. The first kappa shape index (κ1) is 18.4. The molecule has 27 heavy (non-hydrogen) atoms. The summed E-state index contributed by atoms with van der Waals surface area (Å²) in [5.41, 5.74) is 8.11. The summed E-state index contributed by atoms with van der Waals surface area (Å²) in [5.74, 6) is 0.667. The van der Waals surface area contributed by atoms with Gasteiger partial charge in [0.1, 0.15) is 5.82 Å². The van der Waals surface area contributed by atoms with Crippen LogP contribution in [0.4, 0.5) is 22.2 Å². The topological polar surface area (TPSA) is 126 Å². The molecule has 0 fully saturated rings. The summed E-state index contributed by atoms with van der Waals surface area (Å²) in [5, 5.41) is 18.5. The number of aliphatic hydroxyl groups excluding tert-OH is 1. The number of hydrogen-bond donors (Lipinski definition) is 4. The lowest BCUT2D eigenvalue weighted by Gasteiger charge is -2.16. The highest BCUT2D eigenvalue weighted by Gasteiger charge is 2.24. The van der Waals surface area contributed by atoms with Crippen LogP contribution < -0.4 is 16.4 Å². The van der Waals surface area contributed by atoms with Gasteiger partial charge in [0, 0.05) is 28.9 Å². The molecule has 0 atom stereocenters. The maximum atomic E-state index is 12.1. The number of rotatable bonds is 5. The van der Waals surface area contributed by atoms with E-state index in [0.29, 0.717) is 17.2 Å². The highest BCUT2D eigenvalue weighted by molar-refractivity contribution is 5.99. The molecule has 0 spiro atoms.